The fourth-order valence-electron chi connectivity index (χ4n) is 4.31. The molecule has 18 heavy (non-hydrogen) atoms. The van der Waals surface area contributed by atoms with Crippen molar-refractivity contribution in [2.24, 2.45) is 5.41 Å². The quantitative estimate of drug-likeness (QED) is 0.802. The van der Waals surface area contributed by atoms with Crippen molar-refractivity contribution in [1.82, 2.24) is 5.32 Å². The number of hydrogen-bond acceptors (Lipinski definition) is 3. The average Bonchev–Trinajstić information content (AvgIpc) is 2.64. The van der Waals surface area contributed by atoms with Gasteiger partial charge in [0.15, 0.2) is 0 Å². The van der Waals surface area contributed by atoms with Crippen molar-refractivity contribution in [2.45, 2.75) is 63.6 Å². The standard InChI is InChI=1S/C14H25NO3/c1-4-14(5-2)13(11(17)15-3)8-6-7-12(9-13,10-16)18-14/h16H,4-10H2,1-3H3,(H,15,17)/t12-,13+/m0/s1. The monoisotopic (exact) mass is 255 g/mol. The van der Waals surface area contributed by atoms with E-state index in [0.29, 0.717) is 6.42 Å². The zero-order valence-electron chi connectivity index (χ0n) is 11.7. The highest BCUT2D eigenvalue weighted by atomic mass is 16.5. The molecule has 2 atom stereocenters. The fourth-order valence-corrected chi connectivity index (χ4v) is 4.31. The average molecular weight is 255 g/mol. The lowest BCUT2D eigenvalue weighted by atomic mass is 9.60. The number of carbonyl (C=O) groups excluding carboxylic acids is 1. The zero-order chi connectivity index (χ0) is 13.4. The molecular formula is C14H25NO3. The number of carbonyl (C=O) groups is 1. The van der Waals surface area contributed by atoms with Gasteiger partial charge in [0, 0.05) is 7.05 Å². The van der Waals surface area contributed by atoms with E-state index in [-0.39, 0.29) is 12.5 Å². The van der Waals surface area contributed by atoms with Gasteiger partial charge in [0.1, 0.15) is 0 Å². The normalized spacial score (nSPS) is 37.6. The summed E-state index contributed by atoms with van der Waals surface area (Å²) in [5, 5.41) is 12.5. The molecule has 2 rings (SSSR count). The molecule has 0 aromatic heterocycles. The summed E-state index contributed by atoms with van der Waals surface area (Å²) in [7, 11) is 1.70. The van der Waals surface area contributed by atoms with Crippen LogP contribution < -0.4 is 5.32 Å². The van der Waals surface area contributed by atoms with E-state index in [2.05, 4.69) is 19.2 Å². The predicted octanol–water partition coefficient (Wildman–Crippen LogP) is 1.61. The van der Waals surface area contributed by atoms with Crippen LogP contribution in [0.25, 0.3) is 0 Å². The highest BCUT2D eigenvalue weighted by Gasteiger charge is 2.67. The highest BCUT2D eigenvalue weighted by Crippen LogP contribution is 2.61. The van der Waals surface area contributed by atoms with Gasteiger partial charge in [-0.05, 0) is 38.5 Å². The van der Waals surface area contributed by atoms with Gasteiger partial charge in [-0.1, -0.05) is 13.8 Å². The van der Waals surface area contributed by atoms with E-state index in [1.807, 2.05) is 0 Å². The van der Waals surface area contributed by atoms with Crippen LogP contribution in [0.15, 0.2) is 0 Å². The number of fused-ring (bicyclic) bond motifs is 2. The maximum absolute atomic E-state index is 12.5. The zero-order valence-corrected chi connectivity index (χ0v) is 11.7. The van der Waals surface area contributed by atoms with Gasteiger partial charge in [-0.15, -0.1) is 0 Å². The Balaban J connectivity index is 2.48. The number of amides is 1. The molecule has 1 aliphatic heterocycles. The summed E-state index contributed by atoms with van der Waals surface area (Å²) in [6.45, 7) is 4.19. The van der Waals surface area contributed by atoms with E-state index in [4.69, 9.17) is 4.74 Å². The first-order chi connectivity index (χ1) is 8.53. The second-order valence-corrected chi connectivity index (χ2v) is 5.84. The van der Waals surface area contributed by atoms with Gasteiger partial charge in [-0.25, -0.2) is 0 Å². The van der Waals surface area contributed by atoms with Crippen molar-refractivity contribution in [3.05, 3.63) is 0 Å². The van der Waals surface area contributed by atoms with Gasteiger partial charge in [0.25, 0.3) is 0 Å². The van der Waals surface area contributed by atoms with Gasteiger partial charge in [-0.2, -0.15) is 0 Å². The largest absolute Gasteiger partial charge is 0.393 e. The van der Waals surface area contributed by atoms with Crippen LogP contribution in [0.2, 0.25) is 0 Å². The minimum atomic E-state index is -0.489. The third-order valence-electron chi connectivity index (χ3n) is 5.24. The third kappa shape index (κ3) is 1.55. The summed E-state index contributed by atoms with van der Waals surface area (Å²) in [5.41, 5.74) is -1.35. The molecule has 2 bridgehead atoms. The molecule has 1 aliphatic carbocycles. The van der Waals surface area contributed by atoms with Crippen molar-refractivity contribution in [2.75, 3.05) is 13.7 Å². The number of rotatable bonds is 4. The molecule has 1 amide bonds. The number of hydrogen-bond donors (Lipinski definition) is 2. The molecule has 4 heteroatoms. The molecule has 2 N–H and O–H groups in total. The van der Waals surface area contributed by atoms with Gasteiger partial charge < -0.3 is 15.2 Å². The lowest BCUT2D eigenvalue weighted by Gasteiger charge is -2.42. The molecule has 1 saturated heterocycles. The number of nitrogens with one attached hydrogen (secondary N) is 1. The van der Waals surface area contributed by atoms with Crippen LogP contribution in [0.4, 0.5) is 0 Å². The third-order valence-corrected chi connectivity index (χ3v) is 5.24. The van der Waals surface area contributed by atoms with Crippen LogP contribution in [0, 0.1) is 5.41 Å². The van der Waals surface area contributed by atoms with Crippen molar-refractivity contribution in [3.63, 3.8) is 0 Å². The number of ether oxygens (including phenoxy) is 1. The molecular weight excluding hydrogens is 230 g/mol. The predicted molar refractivity (Wildman–Crippen MR) is 69.2 cm³/mol. The lowest BCUT2D eigenvalue weighted by molar-refractivity contribution is -0.155. The SMILES string of the molecule is CCC1(CC)O[C@@]2(CO)CCC[C@]1(C(=O)NC)C2. The molecule has 104 valence electrons. The molecule has 0 unspecified atom stereocenters. The van der Waals surface area contributed by atoms with Gasteiger partial charge in [0.05, 0.1) is 23.2 Å². The van der Waals surface area contributed by atoms with Crippen LogP contribution >= 0.6 is 0 Å². The maximum Gasteiger partial charge on any atom is 0.228 e. The Morgan fingerprint density at radius 2 is 2.00 bits per heavy atom. The van der Waals surface area contributed by atoms with Crippen LogP contribution in [0.5, 0.6) is 0 Å². The Kier molecular flexibility index (Phi) is 3.45. The van der Waals surface area contributed by atoms with Crippen LogP contribution in [-0.4, -0.2) is 35.9 Å². The second kappa shape index (κ2) is 4.49. The van der Waals surface area contributed by atoms with E-state index in [9.17, 15) is 9.90 Å². The molecule has 1 heterocycles. The summed E-state index contributed by atoms with van der Waals surface area (Å²) in [6.07, 6.45) is 4.99. The molecule has 0 spiro atoms. The van der Waals surface area contributed by atoms with E-state index in [1.165, 1.54) is 0 Å². The Bertz CT molecular complexity index is 340. The van der Waals surface area contributed by atoms with Crippen molar-refractivity contribution >= 4 is 5.91 Å². The number of aliphatic hydroxyl groups is 1. The second-order valence-electron chi connectivity index (χ2n) is 5.84. The summed E-state index contributed by atoms with van der Waals surface area (Å²) in [4.78, 5) is 12.5. The van der Waals surface area contributed by atoms with Crippen molar-refractivity contribution in [1.29, 1.82) is 0 Å². The molecule has 2 fully saturated rings. The van der Waals surface area contributed by atoms with E-state index >= 15 is 0 Å². The minimum Gasteiger partial charge on any atom is -0.393 e. The maximum atomic E-state index is 12.5. The Labute approximate surface area is 109 Å². The smallest absolute Gasteiger partial charge is 0.228 e. The lowest BCUT2D eigenvalue weighted by Crippen LogP contribution is -2.53. The highest BCUT2D eigenvalue weighted by molar-refractivity contribution is 5.84. The molecule has 0 aromatic carbocycles. The minimum absolute atomic E-state index is 0.0213. The Hall–Kier alpha value is -0.610. The molecule has 0 aromatic rings. The van der Waals surface area contributed by atoms with E-state index < -0.39 is 16.6 Å². The summed E-state index contributed by atoms with van der Waals surface area (Å²) in [6, 6.07) is 0. The van der Waals surface area contributed by atoms with Crippen molar-refractivity contribution < 1.29 is 14.6 Å². The van der Waals surface area contributed by atoms with Crippen molar-refractivity contribution in [3.8, 4) is 0 Å². The summed E-state index contributed by atoms with van der Waals surface area (Å²) >= 11 is 0. The first kappa shape index (κ1) is 13.8. The first-order valence-corrected chi connectivity index (χ1v) is 7.07. The van der Waals surface area contributed by atoms with Crippen LogP contribution in [0.1, 0.15) is 52.4 Å². The van der Waals surface area contributed by atoms with E-state index in [1.54, 1.807) is 7.05 Å². The Morgan fingerprint density at radius 3 is 2.50 bits per heavy atom. The molecule has 0 radical (unpaired) electrons. The van der Waals surface area contributed by atoms with Gasteiger partial charge in [-0.3, -0.25) is 4.79 Å². The topological polar surface area (TPSA) is 58.6 Å². The number of aliphatic hydroxyl groups excluding tert-OH is 1. The summed E-state index contributed by atoms with van der Waals surface area (Å²) < 4.78 is 6.32. The molecule has 4 nitrogen and oxygen atoms in total. The van der Waals surface area contributed by atoms with Crippen LogP contribution in [-0.2, 0) is 9.53 Å². The fraction of sp³-hybridized carbons (Fsp3) is 0.929. The first-order valence-electron chi connectivity index (χ1n) is 7.07. The van der Waals surface area contributed by atoms with E-state index in [0.717, 1.165) is 32.1 Å². The van der Waals surface area contributed by atoms with Gasteiger partial charge >= 0.3 is 0 Å². The van der Waals surface area contributed by atoms with Crippen LogP contribution in [0.3, 0.4) is 0 Å². The molecule has 2 aliphatic rings. The Morgan fingerprint density at radius 1 is 1.33 bits per heavy atom. The molecule has 1 saturated carbocycles. The van der Waals surface area contributed by atoms with Gasteiger partial charge in [0.2, 0.25) is 5.91 Å². The summed E-state index contributed by atoms with van der Waals surface area (Å²) in [5.74, 6) is 0.0845.